The van der Waals surface area contributed by atoms with Crippen LogP contribution in [0.4, 0.5) is 13.2 Å². The summed E-state index contributed by atoms with van der Waals surface area (Å²) in [4.78, 5) is 10.1. The minimum absolute atomic E-state index is 0.182. The van der Waals surface area contributed by atoms with Crippen LogP contribution in [0.2, 0.25) is 0 Å². The van der Waals surface area contributed by atoms with Gasteiger partial charge in [0.1, 0.15) is 0 Å². The van der Waals surface area contributed by atoms with Gasteiger partial charge < -0.3 is 4.74 Å². The number of ether oxygens (including phenoxy) is 1. The van der Waals surface area contributed by atoms with Gasteiger partial charge in [-0.15, -0.1) is 0 Å². The smallest absolute Gasteiger partial charge is 0.466 e. The van der Waals surface area contributed by atoms with Gasteiger partial charge in [-0.05, 0) is 6.42 Å². The highest BCUT2D eigenvalue weighted by Gasteiger charge is 2.44. The molecular formula is C7H13F3O5S. The van der Waals surface area contributed by atoms with E-state index in [0.29, 0.717) is 6.61 Å². The standard InChI is InChI=1S/C6H12O2.CHF3O3S/c1-3-4-5-8-6(2)7;2-1(3,4)8(5,6)7/h3-5H2,1-2H3;(H,5,6,7). The van der Waals surface area contributed by atoms with Gasteiger partial charge in [0.05, 0.1) is 6.61 Å². The molecule has 5 nitrogen and oxygen atoms in total. The van der Waals surface area contributed by atoms with Crippen LogP contribution in [-0.4, -0.2) is 31.1 Å². The molecule has 98 valence electrons. The summed E-state index contributed by atoms with van der Waals surface area (Å²) in [7, 11) is -5.84. The molecule has 0 bridgehead atoms. The molecule has 0 saturated carbocycles. The summed E-state index contributed by atoms with van der Waals surface area (Å²) in [5.41, 5.74) is -5.53. The fourth-order valence-corrected chi connectivity index (χ4v) is 0.360. The molecule has 0 fully saturated rings. The molecule has 9 heteroatoms. The fraction of sp³-hybridized carbons (Fsp3) is 0.857. The van der Waals surface area contributed by atoms with Crippen molar-refractivity contribution in [2.75, 3.05) is 6.61 Å². The van der Waals surface area contributed by atoms with Crippen LogP contribution in [0, 0.1) is 0 Å². The first-order valence-electron chi connectivity index (χ1n) is 4.19. The van der Waals surface area contributed by atoms with Crippen molar-refractivity contribution in [3.8, 4) is 0 Å². The lowest BCUT2D eigenvalue weighted by atomic mass is 10.4. The van der Waals surface area contributed by atoms with Gasteiger partial charge in [0.2, 0.25) is 0 Å². The zero-order valence-corrected chi connectivity index (χ0v) is 9.56. The summed E-state index contributed by atoms with van der Waals surface area (Å²) in [6.45, 7) is 4.06. The van der Waals surface area contributed by atoms with Crippen LogP contribution in [0.3, 0.4) is 0 Å². The van der Waals surface area contributed by atoms with E-state index in [4.69, 9.17) is 13.0 Å². The lowest BCUT2D eigenvalue weighted by Crippen LogP contribution is -2.21. The Bertz CT molecular complexity index is 296. The average Bonchev–Trinajstić information content (AvgIpc) is 2.01. The number of hydrogen-bond acceptors (Lipinski definition) is 4. The molecule has 0 aliphatic rings. The molecule has 0 unspecified atom stereocenters. The molecule has 0 aromatic heterocycles. The van der Waals surface area contributed by atoms with Gasteiger partial charge >= 0.3 is 21.6 Å². The second-order valence-corrected chi connectivity index (χ2v) is 4.03. The molecule has 1 N–H and O–H groups in total. The Balaban J connectivity index is 0. The Morgan fingerprint density at radius 1 is 1.38 bits per heavy atom. The zero-order valence-electron chi connectivity index (χ0n) is 8.74. The number of carbonyl (C=O) groups is 1. The molecule has 0 saturated heterocycles. The van der Waals surface area contributed by atoms with Crippen molar-refractivity contribution in [1.29, 1.82) is 0 Å². The first-order valence-corrected chi connectivity index (χ1v) is 5.63. The summed E-state index contributed by atoms with van der Waals surface area (Å²) >= 11 is 0. The minimum atomic E-state index is -5.84. The average molecular weight is 266 g/mol. The highest BCUT2D eigenvalue weighted by molar-refractivity contribution is 7.86. The molecule has 0 radical (unpaired) electrons. The van der Waals surface area contributed by atoms with Crippen LogP contribution in [-0.2, 0) is 19.6 Å². The Morgan fingerprint density at radius 3 is 1.94 bits per heavy atom. The molecule has 0 aromatic rings. The monoisotopic (exact) mass is 266 g/mol. The number of unbranched alkanes of at least 4 members (excludes halogenated alkanes) is 1. The molecule has 0 aliphatic carbocycles. The molecule has 16 heavy (non-hydrogen) atoms. The first-order chi connectivity index (χ1) is 7.02. The van der Waals surface area contributed by atoms with Crippen molar-refractivity contribution < 1.29 is 35.7 Å². The Kier molecular flexibility index (Phi) is 8.17. The predicted octanol–water partition coefficient (Wildman–Crippen LogP) is 1.74. The van der Waals surface area contributed by atoms with E-state index in [2.05, 4.69) is 11.7 Å². The topological polar surface area (TPSA) is 80.7 Å². The molecule has 0 rings (SSSR count). The van der Waals surface area contributed by atoms with Crippen LogP contribution in [0.1, 0.15) is 26.7 Å². The van der Waals surface area contributed by atoms with E-state index < -0.39 is 15.6 Å². The normalized spacial score (nSPS) is 11.4. The number of alkyl halides is 3. The first kappa shape index (κ1) is 17.6. The van der Waals surface area contributed by atoms with Crippen molar-refractivity contribution in [1.82, 2.24) is 0 Å². The Morgan fingerprint density at radius 2 is 1.75 bits per heavy atom. The zero-order chi connectivity index (χ0) is 13.4. The van der Waals surface area contributed by atoms with Gasteiger partial charge in [-0.3, -0.25) is 9.35 Å². The molecule has 0 aliphatic heterocycles. The van der Waals surface area contributed by atoms with Gasteiger partial charge in [-0.2, -0.15) is 21.6 Å². The van der Waals surface area contributed by atoms with Crippen LogP contribution < -0.4 is 0 Å². The number of rotatable bonds is 3. The lowest BCUT2D eigenvalue weighted by Gasteiger charge is -1.97. The van der Waals surface area contributed by atoms with Crippen LogP contribution in [0.25, 0.3) is 0 Å². The minimum Gasteiger partial charge on any atom is -0.466 e. The second kappa shape index (κ2) is 7.44. The van der Waals surface area contributed by atoms with Crippen molar-refractivity contribution >= 4 is 16.1 Å². The summed E-state index contributed by atoms with van der Waals surface area (Å²) in [6, 6.07) is 0. The van der Waals surface area contributed by atoms with E-state index in [1.807, 2.05) is 0 Å². The van der Waals surface area contributed by atoms with E-state index >= 15 is 0 Å². The third-order valence-electron chi connectivity index (χ3n) is 1.10. The number of carbonyl (C=O) groups excluding carboxylic acids is 1. The Labute approximate surface area is 91.3 Å². The van der Waals surface area contributed by atoms with Gasteiger partial charge in [-0.1, -0.05) is 13.3 Å². The van der Waals surface area contributed by atoms with Gasteiger partial charge in [0.15, 0.2) is 0 Å². The van der Waals surface area contributed by atoms with Crippen molar-refractivity contribution in [3.63, 3.8) is 0 Å². The lowest BCUT2D eigenvalue weighted by molar-refractivity contribution is -0.141. The maximum absolute atomic E-state index is 10.7. The van der Waals surface area contributed by atoms with Crippen molar-refractivity contribution in [3.05, 3.63) is 0 Å². The molecular weight excluding hydrogens is 253 g/mol. The molecule has 0 atom stereocenters. The highest BCUT2D eigenvalue weighted by atomic mass is 32.2. The fourth-order valence-electron chi connectivity index (χ4n) is 0.360. The summed E-state index contributed by atoms with van der Waals surface area (Å²) < 4.78 is 62.2. The predicted molar refractivity (Wildman–Crippen MR) is 49.1 cm³/mol. The number of esters is 1. The van der Waals surface area contributed by atoms with Gasteiger partial charge in [-0.25, -0.2) is 0 Å². The van der Waals surface area contributed by atoms with Crippen LogP contribution in [0.5, 0.6) is 0 Å². The molecule has 0 spiro atoms. The van der Waals surface area contributed by atoms with E-state index in [0.717, 1.165) is 12.8 Å². The second-order valence-electron chi connectivity index (χ2n) is 2.61. The van der Waals surface area contributed by atoms with E-state index in [-0.39, 0.29) is 5.97 Å². The third-order valence-corrected chi connectivity index (χ3v) is 1.68. The van der Waals surface area contributed by atoms with Crippen molar-refractivity contribution in [2.45, 2.75) is 32.2 Å². The van der Waals surface area contributed by atoms with Crippen LogP contribution >= 0.6 is 0 Å². The Hall–Kier alpha value is -0.830. The van der Waals surface area contributed by atoms with E-state index in [1.165, 1.54) is 6.92 Å². The van der Waals surface area contributed by atoms with Gasteiger partial charge in [0.25, 0.3) is 0 Å². The van der Waals surface area contributed by atoms with Crippen molar-refractivity contribution in [2.24, 2.45) is 0 Å². The summed E-state index contributed by atoms with van der Waals surface area (Å²) in [5.74, 6) is -0.182. The molecule has 0 heterocycles. The number of halogens is 3. The largest absolute Gasteiger partial charge is 0.522 e. The highest BCUT2D eigenvalue weighted by Crippen LogP contribution is 2.20. The molecule has 0 aromatic carbocycles. The maximum atomic E-state index is 10.7. The summed E-state index contributed by atoms with van der Waals surface area (Å²) in [5, 5.41) is 0. The number of hydrogen-bond donors (Lipinski definition) is 1. The maximum Gasteiger partial charge on any atom is 0.522 e. The van der Waals surface area contributed by atoms with E-state index in [9.17, 15) is 18.0 Å². The quantitative estimate of drug-likeness (QED) is 0.364. The van der Waals surface area contributed by atoms with Gasteiger partial charge in [0, 0.05) is 6.92 Å². The van der Waals surface area contributed by atoms with E-state index in [1.54, 1.807) is 0 Å². The van der Waals surface area contributed by atoms with Crippen LogP contribution in [0.15, 0.2) is 0 Å². The SMILES string of the molecule is CCCCOC(C)=O.O=S(=O)(O)C(F)(F)F. The summed E-state index contributed by atoms with van der Waals surface area (Å²) in [6.07, 6.45) is 2.05. The third kappa shape index (κ3) is 11.2. The molecule has 0 amide bonds.